The fourth-order valence-electron chi connectivity index (χ4n) is 1.24. The minimum Gasteiger partial charge on any atom is -0.504 e. The molecule has 22 heavy (non-hydrogen) atoms. The van der Waals surface area contributed by atoms with Gasteiger partial charge >= 0.3 is 5.97 Å². The van der Waals surface area contributed by atoms with Gasteiger partial charge in [0.25, 0.3) is 0 Å². The molecule has 0 unspecified atom stereocenters. The van der Waals surface area contributed by atoms with Crippen LogP contribution < -0.4 is 5.73 Å². The van der Waals surface area contributed by atoms with Crippen LogP contribution in [0.25, 0.3) is 0 Å². The number of hydrogen-bond acceptors (Lipinski definition) is 6. The molecule has 9 heteroatoms. The van der Waals surface area contributed by atoms with Gasteiger partial charge in [-0.25, -0.2) is 4.79 Å². The zero-order valence-electron chi connectivity index (χ0n) is 11.1. The lowest BCUT2D eigenvalue weighted by molar-refractivity contribution is 0.0695. The number of phenolic OH excluding ortho intramolecular Hbond substituents is 3. The Kier molecular flexibility index (Phi) is 6.85. The van der Waals surface area contributed by atoms with E-state index in [1.54, 1.807) is 18.3 Å². The van der Waals surface area contributed by atoms with E-state index in [1.165, 1.54) is 6.20 Å². The van der Waals surface area contributed by atoms with Crippen LogP contribution in [0.2, 0.25) is 0 Å². The fraction of sp³-hybridized carbons (Fsp3) is 0. The summed E-state index contributed by atoms with van der Waals surface area (Å²) in [5.41, 5.74) is 5.09. The third-order valence-corrected chi connectivity index (χ3v) is 2.26. The highest BCUT2D eigenvalue weighted by Gasteiger charge is 2.11. The number of amides is 1. The van der Waals surface area contributed by atoms with Crippen molar-refractivity contribution in [3.63, 3.8) is 0 Å². The highest BCUT2D eigenvalue weighted by molar-refractivity contribution is 5.92. The number of primary amides is 1. The maximum absolute atomic E-state index is 10.4. The van der Waals surface area contributed by atoms with Crippen molar-refractivity contribution in [2.75, 3.05) is 0 Å². The van der Waals surface area contributed by atoms with Crippen LogP contribution in [-0.4, -0.2) is 42.8 Å². The lowest BCUT2D eigenvalue weighted by Gasteiger charge is -2.01. The van der Waals surface area contributed by atoms with Gasteiger partial charge in [0.1, 0.15) is 0 Å². The van der Waals surface area contributed by atoms with Gasteiger partial charge in [-0.15, -0.1) is 0 Å². The van der Waals surface area contributed by atoms with E-state index in [2.05, 4.69) is 4.98 Å². The molecule has 0 aliphatic heterocycles. The fourth-order valence-corrected chi connectivity index (χ4v) is 1.24. The standard InChI is InChI=1S/C7H6O5.C6H6N2O.H2O/c8-4-1-3(7(11)12)2-5(9)6(4)10;7-6(9)5-2-1-3-8-4-5;/h1-2,8-10H,(H,11,12);1-4H,(H2,7,9);1H2. The van der Waals surface area contributed by atoms with Gasteiger partial charge in [0, 0.05) is 12.4 Å². The molecule has 0 fully saturated rings. The molecule has 118 valence electrons. The topological polar surface area (TPSA) is 185 Å². The average molecular weight is 310 g/mol. The van der Waals surface area contributed by atoms with E-state index in [9.17, 15) is 9.59 Å². The van der Waals surface area contributed by atoms with Crippen LogP contribution in [-0.2, 0) is 0 Å². The smallest absolute Gasteiger partial charge is 0.335 e. The summed E-state index contributed by atoms with van der Waals surface area (Å²) in [5, 5.41) is 35.0. The summed E-state index contributed by atoms with van der Waals surface area (Å²) in [6.45, 7) is 0. The van der Waals surface area contributed by atoms with E-state index in [4.69, 9.17) is 26.2 Å². The number of aromatic carboxylic acids is 1. The molecule has 9 nitrogen and oxygen atoms in total. The van der Waals surface area contributed by atoms with Crippen LogP contribution in [0.15, 0.2) is 36.7 Å². The summed E-state index contributed by atoms with van der Waals surface area (Å²) in [6.07, 6.45) is 3.02. The summed E-state index contributed by atoms with van der Waals surface area (Å²) in [6, 6.07) is 4.98. The number of phenols is 3. The second-order valence-corrected chi connectivity index (χ2v) is 3.77. The number of carbonyl (C=O) groups is 2. The lowest BCUT2D eigenvalue weighted by atomic mass is 10.2. The Hall–Kier alpha value is -3.33. The summed E-state index contributed by atoms with van der Waals surface area (Å²) in [4.78, 5) is 24.4. The van der Waals surface area contributed by atoms with Crippen molar-refractivity contribution in [1.29, 1.82) is 0 Å². The Morgan fingerprint density at radius 1 is 1.05 bits per heavy atom. The Bertz CT molecular complexity index is 636. The Labute approximate surface area is 124 Å². The summed E-state index contributed by atoms with van der Waals surface area (Å²) in [7, 11) is 0. The first-order valence-corrected chi connectivity index (χ1v) is 5.51. The molecular formula is C13H14N2O7. The summed E-state index contributed by atoms with van der Waals surface area (Å²) in [5.74, 6) is -3.77. The first-order valence-electron chi connectivity index (χ1n) is 5.51. The molecule has 1 aromatic carbocycles. The first kappa shape index (κ1) is 18.7. The van der Waals surface area contributed by atoms with Gasteiger partial charge in [-0.3, -0.25) is 9.78 Å². The SMILES string of the molecule is NC(=O)c1cccnc1.O.O=C(O)c1cc(O)c(O)c(O)c1. The third kappa shape index (κ3) is 4.98. The van der Waals surface area contributed by atoms with Crippen molar-refractivity contribution >= 4 is 11.9 Å². The van der Waals surface area contributed by atoms with Gasteiger partial charge in [0.15, 0.2) is 17.2 Å². The van der Waals surface area contributed by atoms with E-state index >= 15 is 0 Å². The Morgan fingerprint density at radius 3 is 1.91 bits per heavy atom. The van der Waals surface area contributed by atoms with E-state index in [1.807, 2.05) is 0 Å². The Balaban J connectivity index is 0.000000397. The Morgan fingerprint density at radius 2 is 1.59 bits per heavy atom. The highest BCUT2D eigenvalue weighted by atomic mass is 16.4. The van der Waals surface area contributed by atoms with Gasteiger partial charge in [0.2, 0.25) is 5.91 Å². The number of carbonyl (C=O) groups excluding carboxylic acids is 1. The van der Waals surface area contributed by atoms with Crippen molar-refractivity contribution in [2.24, 2.45) is 5.73 Å². The lowest BCUT2D eigenvalue weighted by Crippen LogP contribution is -2.10. The van der Waals surface area contributed by atoms with Crippen LogP contribution in [0.5, 0.6) is 17.2 Å². The van der Waals surface area contributed by atoms with Crippen LogP contribution in [0.4, 0.5) is 0 Å². The number of nitrogens with zero attached hydrogens (tertiary/aromatic N) is 1. The van der Waals surface area contributed by atoms with Crippen molar-refractivity contribution in [2.45, 2.75) is 0 Å². The molecule has 0 bridgehead atoms. The molecule has 0 aliphatic carbocycles. The number of aromatic hydroxyl groups is 3. The predicted octanol–water partition coefficient (Wildman–Crippen LogP) is -0.143. The van der Waals surface area contributed by atoms with Gasteiger partial charge in [-0.05, 0) is 24.3 Å². The predicted molar refractivity (Wildman–Crippen MR) is 74.8 cm³/mol. The molecule has 2 aromatic rings. The largest absolute Gasteiger partial charge is 0.504 e. The van der Waals surface area contributed by atoms with Crippen LogP contribution in [0.3, 0.4) is 0 Å². The molecule has 0 radical (unpaired) electrons. The second-order valence-electron chi connectivity index (χ2n) is 3.77. The monoisotopic (exact) mass is 310 g/mol. The van der Waals surface area contributed by atoms with Crippen LogP contribution in [0, 0.1) is 0 Å². The zero-order valence-corrected chi connectivity index (χ0v) is 11.1. The molecule has 0 saturated carbocycles. The van der Waals surface area contributed by atoms with E-state index in [0.717, 1.165) is 12.1 Å². The molecule has 0 saturated heterocycles. The number of nitrogens with two attached hydrogens (primary N) is 1. The molecule has 0 spiro atoms. The van der Waals surface area contributed by atoms with Crippen molar-refractivity contribution in [3.8, 4) is 17.2 Å². The average Bonchev–Trinajstić information content (AvgIpc) is 2.45. The molecule has 0 aliphatic rings. The number of benzene rings is 1. The summed E-state index contributed by atoms with van der Waals surface area (Å²) < 4.78 is 0. The van der Waals surface area contributed by atoms with Gasteiger partial charge in [-0.1, -0.05) is 0 Å². The number of aromatic nitrogens is 1. The molecule has 1 amide bonds. The number of rotatable bonds is 2. The maximum atomic E-state index is 10.4. The molecular weight excluding hydrogens is 296 g/mol. The quantitative estimate of drug-likeness (QED) is 0.477. The molecule has 1 heterocycles. The van der Waals surface area contributed by atoms with Crippen molar-refractivity contribution in [3.05, 3.63) is 47.8 Å². The minimum atomic E-state index is -1.29. The third-order valence-electron chi connectivity index (χ3n) is 2.26. The van der Waals surface area contributed by atoms with Gasteiger partial charge in [0.05, 0.1) is 11.1 Å². The number of carboxylic acid groups (broad SMARTS) is 1. The molecule has 8 N–H and O–H groups in total. The maximum Gasteiger partial charge on any atom is 0.335 e. The van der Waals surface area contributed by atoms with E-state index in [-0.39, 0.29) is 11.0 Å². The highest BCUT2D eigenvalue weighted by Crippen LogP contribution is 2.35. The second kappa shape index (κ2) is 8.07. The van der Waals surface area contributed by atoms with Crippen molar-refractivity contribution in [1.82, 2.24) is 4.98 Å². The number of hydrogen-bond donors (Lipinski definition) is 5. The number of pyridine rings is 1. The van der Waals surface area contributed by atoms with Gasteiger partial charge in [-0.2, -0.15) is 0 Å². The first-order chi connectivity index (χ1) is 9.82. The molecule has 2 rings (SSSR count). The van der Waals surface area contributed by atoms with Crippen LogP contribution >= 0.6 is 0 Å². The molecule has 1 aromatic heterocycles. The van der Waals surface area contributed by atoms with Crippen LogP contribution in [0.1, 0.15) is 20.7 Å². The number of carboxylic acids is 1. The molecule has 0 atom stereocenters. The van der Waals surface area contributed by atoms with E-state index in [0.29, 0.717) is 5.56 Å². The summed E-state index contributed by atoms with van der Waals surface area (Å²) >= 11 is 0. The minimum absolute atomic E-state index is 0. The van der Waals surface area contributed by atoms with E-state index < -0.39 is 29.1 Å². The van der Waals surface area contributed by atoms with Crippen molar-refractivity contribution < 1.29 is 35.5 Å². The normalized spacial score (nSPS) is 8.91. The zero-order chi connectivity index (χ0) is 16.0. The van der Waals surface area contributed by atoms with Gasteiger partial charge < -0.3 is 31.6 Å².